The summed E-state index contributed by atoms with van der Waals surface area (Å²) in [5.41, 5.74) is 12.8. The van der Waals surface area contributed by atoms with Gasteiger partial charge in [-0.25, -0.2) is 0 Å². The van der Waals surface area contributed by atoms with Gasteiger partial charge in [-0.05, 0) is 89.7 Å². The maximum absolute atomic E-state index is 6.84. The van der Waals surface area contributed by atoms with Gasteiger partial charge in [-0.3, -0.25) is 0 Å². The summed E-state index contributed by atoms with van der Waals surface area (Å²) in [5, 5.41) is 4.28. The summed E-state index contributed by atoms with van der Waals surface area (Å²) < 4.78 is 13.1. The van der Waals surface area contributed by atoms with Crippen molar-refractivity contribution in [3.8, 4) is 22.3 Å². The number of rotatable bonds is 5. The molecule has 1 aliphatic rings. The van der Waals surface area contributed by atoms with Crippen molar-refractivity contribution in [3.63, 3.8) is 0 Å². The van der Waals surface area contributed by atoms with Crippen molar-refractivity contribution in [1.29, 1.82) is 0 Å². The number of allylic oxidation sites excluding steroid dienone is 4. The molecule has 0 atom stereocenters. The Labute approximate surface area is 267 Å². The first-order valence-electron chi connectivity index (χ1n) is 15.9. The van der Waals surface area contributed by atoms with Gasteiger partial charge in [0.2, 0.25) is 0 Å². The Morgan fingerprint density at radius 2 is 1.33 bits per heavy atom. The molecule has 8 aromatic rings. The molecular formula is C43H31NO2. The first kappa shape index (κ1) is 26.6. The maximum atomic E-state index is 6.84. The van der Waals surface area contributed by atoms with Crippen LogP contribution in [0.4, 0.5) is 11.4 Å². The number of para-hydroxylation sites is 2. The summed E-state index contributed by atoms with van der Waals surface area (Å²) in [6, 6.07) is 45.0. The fourth-order valence-corrected chi connectivity index (χ4v) is 6.99. The molecule has 6 aromatic carbocycles. The van der Waals surface area contributed by atoms with E-state index in [1.807, 2.05) is 12.1 Å². The average molecular weight is 594 g/mol. The summed E-state index contributed by atoms with van der Waals surface area (Å²) in [7, 11) is 2.15. The van der Waals surface area contributed by atoms with Gasteiger partial charge in [0.25, 0.3) is 0 Å². The van der Waals surface area contributed by atoms with Gasteiger partial charge in [0.1, 0.15) is 22.3 Å². The van der Waals surface area contributed by atoms with Gasteiger partial charge >= 0.3 is 0 Å². The van der Waals surface area contributed by atoms with Crippen LogP contribution in [0.2, 0.25) is 0 Å². The molecule has 0 saturated heterocycles. The fourth-order valence-electron chi connectivity index (χ4n) is 6.99. The van der Waals surface area contributed by atoms with Gasteiger partial charge in [0, 0.05) is 45.7 Å². The van der Waals surface area contributed by atoms with Crippen LogP contribution in [0.3, 0.4) is 0 Å². The molecule has 3 heteroatoms. The molecule has 0 bridgehead atoms. The zero-order valence-corrected chi connectivity index (χ0v) is 25.5. The largest absolute Gasteiger partial charge is 0.456 e. The Morgan fingerprint density at radius 3 is 2.15 bits per heavy atom. The summed E-state index contributed by atoms with van der Waals surface area (Å²) in [6.07, 6.45) is 9.05. The lowest BCUT2D eigenvalue weighted by Gasteiger charge is -2.24. The highest BCUT2D eigenvalue weighted by Gasteiger charge is 2.21. The minimum absolute atomic E-state index is 0.839. The molecular weight excluding hydrogens is 562 g/mol. The van der Waals surface area contributed by atoms with Crippen molar-refractivity contribution in [3.05, 3.63) is 151 Å². The Kier molecular flexibility index (Phi) is 6.17. The number of hydrogen-bond donors (Lipinski definition) is 0. The molecule has 2 aromatic heterocycles. The second-order valence-electron chi connectivity index (χ2n) is 12.0. The third-order valence-electron chi connectivity index (χ3n) is 9.30. The first-order valence-corrected chi connectivity index (χ1v) is 15.9. The van der Waals surface area contributed by atoms with E-state index in [1.165, 1.54) is 22.4 Å². The van der Waals surface area contributed by atoms with E-state index in [0.29, 0.717) is 0 Å². The predicted octanol–water partition coefficient (Wildman–Crippen LogP) is 12.3. The molecule has 3 nitrogen and oxygen atoms in total. The Morgan fingerprint density at radius 1 is 0.543 bits per heavy atom. The van der Waals surface area contributed by atoms with Gasteiger partial charge < -0.3 is 13.7 Å². The average Bonchev–Trinajstić information content (AvgIpc) is 3.70. The van der Waals surface area contributed by atoms with Gasteiger partial charge in [-0.15, -0.1) is 0 Å². The van der Waals surface area contributed by atoms with Gasteiger partial charge in [-0.2, -0.15) is 0 Å². The molecule has 0 unspecified atom stereocenters. The first-order chi connectivity index (χ1) is 22.7. The molecule has 0 saturated carbocycles. The normalized spacial score (nSPS) is 13.2. The van der Waals surface area contributed by atoms with E-state index in [9.17, 15) is 0 Å². The minimum atomic E-state index is 0.839. The van der Waals surface area contributed by atoms with Crippen LogP contribution in [0.25, 0.3) is 71.7 Å². The third kappa shape index (κ3) is 4.28. The molecule has 9 rings (SSSR count). The smallest absolute Gasteiger partial charge is 0.147 e. The van der Waals surface area contributed by atoms with Crippen LogP contribution >= 0.6 is 0 Å². The van der Waals surface area contributed by atoms with Crippen LogP contribution < -0.4 is 4.90 Å². The van der Waals surface area contributed by atoms with Crippen molar-refractivity contribution >= 4 is 60.8 Å². The number of furan rings is 2. The fraction of sp³-hybridized carbons (Fsp3) is 0.0698. The zero-order valence-electron chi connectivity index (χ0n) is 25.5. The van der Waals surface area contributed by atoms with Crippen LogP contribution in [-0.2, 0) is 0 Å². The SMILES string of the molecule is CN(c1ccccc1)c1ccc(-c2cc(-c3ccccc3)c3oc4c(ccc5oc6ccccc6c54)c3c2)cc1C1=CCCC=C1. The molecule has 220 valence electrons. The third-order valence-corrected chi connectivity index (χ3v) is 9.30. The quantitative estimate of drug-likeness (QED) is 0.199. The highest BCUT2D eigenvalue weighted by atomic mass is 16.3. The van der Waals surface area contributed by atoms with E-state index in [2.05, 4.69) is 145 Å². The number of benzene rings is 6. The van der Waals surface area contributed by atoms with E-state index in [0.717, 1.165) is 79.1 Å². The standard InChI is InChI=1S/C43H31NO2/c1-44(32-17-9-4-10-18-32)38-23-21-30(25-35(38)28-13-5-2-6-14-28)31-26-36(29-15-7-3-8-16-29)42-37(27-31)33-22-24-40-41(43(33)46-42)34-19-11-12-20-39(34)45-40/h3-5,7-27H,2,6H2,1H3. The van der Waals surface area contributed by atoms with Crippen molar-refractivity contribution < 1.29 is 8.83 Å². The van der Waals surface area contributed by atoms with E-state index < -0.39 is 0 Å². The second kappa shape index (κ2) is 10.7. The number of nitrogens with zero attached hydrogens (tertiary/aromatic N) is 1. The van der Waals surface area contributed by atoms with Gasteiger partial charge in [0.15, 0.2) is 0 Å². The van der Waals surface area contributed by atoms with Crippen LogP contribution in [0.5, 0.6) is 0 Å². The number of hydrogen-bond acceptors (Lipinski definition) is 3. The van der Waals surface area contributed by atoms with Crippen LogP contribution in [-0.4, -0.2) is 7.05 Å². The van der Waals surface area contributed by atoms with Crippen molar-refractivity contribution in [2.75, 3.05) is 11.9 Å². The second-order valence-corrected chi connectivity index (χ2v) is 12.0. The van der Waals surface area contributed by atoms with Crippen LogP contribution in [0.15, 0.2) is 154 Å². The van der Waals surface area contributed by atoms with E-state index >= 15 is 0 Å². The molecule has 0 N–H and O–H groups in total. The lowest BCUT2D eigenvalue weighted by atomic mass is 9.91. The molecule has 1 aliphatic carbocycles. The highest BCUT2D eigenvalue weighted by Crippen LogP contribution is 2.45. The number of fused-ring (bicyclic) bond motifs is 7. The molecule has 0 spiro atoms. The van der Waals surface area contributed by atoms with Gasteiger partial charge in [0.05, 0.1) is 5.39 Å². The predicted molar refractivity (Wildman–Crippen MR) is 193 cm³/mol. The summed E-state index contributed by atoms with van der Waals surface area (Å²) >= 11 is 0. The number of anilines is 2. The van der Waals surface area contributed by atoms with Crippen LogP contribution in [0.1, 0.15) is 18.4 Å². The van der Waals surface area contributed by atoms with Gasteiger partial charge in [-0.1, -0.05) is 91.0 Å². The maximum Gasteiger partial charge on any atom is 0.147 e. The lowest BCUT2D eigenvalue weighted by Crippen LogP contribution is -2.11. The topological polar surface area (TPSA) is 29.5 Å². The van der Waals surface area contributed by atoms with E-state index in [4.69, 9.17) is 8.83 Å². The molecule has 0 fully saturated rings. The Balaban J connectivity index is 1.30. The summed E-state index contributed by atoms with van der Waals surface area (Å²) in [5.74, 6) is 0. The minimum Gasteiger partial charge on any atom is -0.456 e. The molecule has 0 amide bonds. The lowest BCUT2D eigenvalue weighted by molar-refractivity contribution is 0.663. The van der Waals surface area contributed by atoms with Crippen molar-refractivity contribution in [2.45, 2.75) is 12.8 Å². The molecule has 0 aliphatic heterocycles. The Hall–Kier alpha value is -5.80. The van der Waals surface area contributed by atoms with Crippen molar-refractivity contribution in [1.82, 2.24) is 0 Å². The molecule has 46 heavy (non-hydrogen) atoms. The van der Waals surface area contributed by atoms with Crippen LogP contribution in [0, 0.1) is 0 Å². The van der Waals surface area contributed by atoms with E-state index in [1.54, 1.807) is 0 Å². The highest BCUT2D eigenvalue weighted by molar-refractivity contribution is 6.23. The summed E-state index contributed by atoms with van der Waals surface area (Å²) in [6.45, 7) is 0. The van der Waals surface area contributed by atoms with Crippen molar-refractivity contribution in [2.24, 2.45) is 0 Å². The Bertz CT molecular complexity index is 2480. The zero-order chi connectivity index (χ0) is 30.6. The summed E-state index contributed by atoms with van der Waals surface area (Å²) in [4.78, 5) is 2.28. The monoisotopic (exact) mass is 593 g/mol. The van der Waals surface area contributed by atoms with E-state index in [-0.39, 0.29) is 0 Å². The molecule has 0 radical (unpaired) electrons. The molecule has 2 heterocycles.